The number of ether oxygens (including phenoxy) is 2. The Bertz CT molecular complexity index is 1220. The Balaban J connectivity index is 0.00000380. The molecule has 1 N–H and O–H groups in total. The lowest BCUT2D eigenvalue weighted by Crippen LogP contribution is -3.00. The van der Waals surface area contributed by atoms with Gasteiger partial charge in [0.05, 0.1) is 19.8 Å². The molecule has 0 aliphatic heterocycles. The minimum Gasteiger partial charge on any atom is -1.00 e. The highest BCUT2D eigenvalue weighted by Crippen LogP contribution is 2.54. The molecule has 7 heteroatoms. The molecule has 5 nitrogen and oxygen atoms in total. The van der Waals surface area contributed by atoms with E-state index in [-0.39, 0.29) is 28.6 Å². The van der Waals surface area contributed by atoms with E-state index in [2.05, 4.69) is 78.1 Å². The van der Waals surface area contributed by atoms with Gasteiger partial charge in [-0.05, 0) is 54.6 Å². The summed E-state index contributed by atoms with van der Waals surface area (Å²) in [5, 5.41) is 6.90. The number of methoxy groups -OCH3 is 1. The summed E-state index contributed by atoms with van der Waals surface area (Å²) in [5.41, 5.74) is 0.436. The molecule has 0 unspecified atom stereocenters. The van der Waals surface area contributed by atoms with Crippen LogP contribution in [0.4, 0.5) is 0 Å². The first-order chi connectivity index (χ1) is 17.5. The molecule has 0 bridgehead atoms. The fourth-order valence-electron chi connectivity index (χ4n) is 4.37. The van der Waals surface area contributed by atoms with Crippen LogP contribution in [0.25, 0.3) is 0 Å². The highest BCUT2D eigenvalue weighted by atomic mass is 79.9. The molecule has 0 saturated heterocycles. The maximum Gasteiger partial charge on any atom is 0.308 e. The molecule has 0 aliphatic carbocycles. The van der Waals surface area contributed by atoms with E-state index in [9.17, 15) is 9.59 Å². The normalized spacial score (nSPS) is 10.6. The second-order valence-electron chi connectivity index (χ2n) is 8.26. The minimum atomic E-state index is -2.04. The van der Waals surface area contributed by atoms with Crippen LogP contribution in [0.15, 0.2) is 109 Å². The fourth-order valence-corrected chi connectivity index (χ4v) is 8.53. The van der Waals surface area contributed by atoms with E-state index in [1.807, 2.05) is 18.2 Å². The Morgan fingerprint density at radius 3 is 1.65 bits per heavy atom. The Hall–Kier alpha value is -3.47. The van der Waals surface area contributed by atoms with Crippen molar-refractivity contribution in [2.24, 2.45) is 0 Å². The van der Waals surface area contributed by atoms with Gasteiger partial charge in [-0.1, -0.05) is 54.6 Å². The lowest BCUT2D eigenvalue weighted by Gasteiger charge is -2.27. The van der Waals surface area contributed by atoms with Gasteiger partial charge in [0.1, 0.15) is 23.2 Å². The molecule has 0 aromatic heterocycles. The van der Waals surface area contributed by atoms with Crippen LogP contribution in [0, 0.1) is 0 Å². The molecule has 0 atom stereocenters. The fraction of sp³-hybridized carbons (Fsp3) is 0.133. The molecule has 0 spiro atoms. The standard InChI is InChI=1S/C30H28NO4P.BrH/c1-23(32)35-28-19-18-24(22-29(28)34-2)30(33)31-20-21-36(25-12-6-3-7-13-25,26-14-8-4-9-15-26)27-16-10-5-11-17-27;/h3-19,22H,20-21H2,1-2H3;1H. The SMILES string of the molecule is COc1cc(C(=O)NCC[P+](c2ccccc2)(c2ccccc2)c2ccccc2)ccc1OC(C)=O.[Br-]. The van der Waals surface area contributed by atoms with Crippen molar-refractivity contribution < 1.29 is 36.0 Å². The number of hydrogen-bond donors (Lipinski definition) is 1. The van der Waals surface area contributed by atoms with Gasteiger partial charge in [0, 0.05) is 12.5 Å². The summed E-state index contributed by atoms with van der Waals surface area (Å²) in [4.78, 5) is 24.4. The van der Waals surface area contributed by atoms with Gasteiger partial charge < -0.3 is 31.8 Å². The summed E-state index contributed by atoms with van der Waals surface area (Å²) in [6, 6.07) is 36.5. The molecule has 1 amide bonds. The van der Waals surface area contributed by atoms with Crippen LogP contribution in [0.2, 0.25) is 0 Å². The third kappa shape index (κ3) is 6.46. The van der Waals surface area contributed by atoms with Gasteiger partial charge in [-0.2, -0.15) is 0 Å². The lowest BCUT2D eigenvalue weighted by atomic mass is 10.2. The number of nitrogens with one attached hydrogen (secondary N) is 1. The molecule has 0 fully saturated rings. The Morgan fingerprint density at radius 2 is 1.22 bits per heavy atom. The van der Waals surface area contributed by atoms with Crippen molar-refractivity contribution in [2.45, 2.75) is 6.92 Å². The Kier molecular flexibility index (Phi) is 10.0. The molecule has 4 aromatic rings. The van der Waals surface area contributed by atoms with Crippen LogP contribution in [0.5, 0.6) is 11.5 Å². The topological polar surface area (TPSA) is 64.6 Å². The second-order valence-corrected chi connectivity index (χ2v) is 11.9. The summed E-state index contributed by atoms with van der Waals surface area (Å²) in [5.74, 6) is -0.0511. The van der Waals surface area contributed by atoms with Crippen molar-refractivity contribution in [3.05, 3.63) is 115 Å². The summed E-state index contributed by atoms with van der Waals surface area (Å²) in [6.45, 7) is 1.81. The van der Waals surface area contributed by atoms with Gasteiger partial charge in [-0.25, -0.2) is 0 Å². The molecule has 0 saturated carbocycles. The molecule has 0 heterocycles. The van der Waals surface area contributed by atoms with Crippen molar-refractivity contribution in [3.8, 4) is 11.5 Å². The van der Waals surface area contributed by atoms with Gasteiger partial charge in [-0.15, -0.1) is 0 Å². The van der Waals surface area contributed by atoms with Gasteiger partial charge in [0.15, 0.2) is 11.5 Å². The van der Waals surface area contributed by atoms with Crippen LogP contribution in [0.3, 0.4) is 0 Å². The van der Waals surface area contributed by atoms with E-state index >= 15 is 0 Å². The molecular weight excluding hydrogens is 549 g/mol. The molecule has 37 heavy (non-hydrogen) atoms. The third-order valence-corrected chi connectivity index (χ3v) is 10.4. The van der Waals surface area contributed by atoms with E-state index in [1.54, 1.807) is 18.2 Å². The van der Waals surface area contributed by atoms with Crippen molar-refractivity contribution in [1.29, 1.82) is 0 Å². The maximum absolute atomic E-state index is 13.1. The molecule has 0 aliphatic rings. The number of carbonyl (C=O) groups excluding carboxylic acids is 2. The zero-order valence-electron chi connectivity index (χ0n) is 20.8. The van der Waals surface area contributed by atoms with E-state index < -0.39 is 13.2 Å². The summed E-state index contributed by atoms with van der Waals surface area (Å²) in [7, 11) is -0.562. The molecule has 4 aromatic carbocycles. The number of carbonyl (C=O) groups is 2. The van der Waals surface area contributed by atoms with Crippen LogP contribution >= 0.6 is 7.26 Å². The first-order valence-electron chi connectivity index (χ1n) is 11.7. The number of benzene rings is 4. The first kappa shape index (κ1) is 28.1. The van der Waals surface area contributed by atoms with E-state index in [0.29, 0.717) is 17.9 Å². The van der Waals surface area contributed by atoms with E-state index in [4.69, 9.17) is 9.47 Å². The Morgan fingerprint density at radius 1 is 0.730 bits per heavy atom. The smallest absolute Gasteiger partial charge is 0.308 e. The second kappa shape index (κ2) is 13.2. The number of hydrogen-bond acceptors (Lipinski definition) is 4. The van der Waals surface area contributed by atoms with E-state index in [0.717, 1.165) is 6.16 Å². The summed E-state index contributed by atoms with van der Waals surface area (Å²) < 4.78 is 10.5. The van der Waals surface area contributed by atoms with Crippen molar-refractivity contribution in [1.82, 2.24) is 5.32 Å². The molecular formula is C30H29BrNO4P. The van der Waals surface area contributed by atoms with Gasteiger partial charge in [0.2, 0.25) is 0 Å². The average molecular weight is 578 g/mol. The van der Waals surface area contributed by atoms with Crippen LogP contribution in [0.1, 0.15) is 17.3 Å². The number of rotatable bonds is 9. The van der Waals surface area contributed by atoms with Crippen LogP contribution in [-0.4, -0.2) is 31.7 Å². The summed E-state index contributed by atoms with van der Waals surface area (Å²) in [6.07, 6.45) is 0.763. The molecule has 0 radical (unpaired) electrons. The number of esters is 1. The lowest BCUT2D eigenvalue weighted by molar-refractivity contribution is -0.132. The minimum absolute atomic E-state index is 0. The van der Waals surface area contributed by atoms with E-state index in [1.165, 1.54) is 29.9 Å². The average Bonchev–Trinajstić information content (AvgIpc) is 2.92. The Labute approximate surface area is 228 Å². The van der Waals surface area contributed by atoms with Gasteiger partial charge in [-0.3, -0.25) is 9.59 Å². The van der Waals surface area contributed by atoms with Crippen molar-refractivity contribution >= 4 is 35.1 Å². The third-order valence-electron chi connectivity index (χ3n) is 6.00. The predicted molar refractivity (Wildman–Crippen MR) is 147 cm³/mol. The molecule has 4 rings (SSSR count). The van der Waals surface area contributed by atoms with Crippen molar-refractivity contribution in [2.75, 3.05) is 19.8 Å². The number of amides is 1. The van der Waals surface area contributed by atoms with Gasteiger partial charge >= 0.3 is 5.97 Å². The zero-order valence-corrected chi connectivity index (χ0v) is 23.2. The first-order valence-corrected chi connectivity index (χ1v) is 13.7. The summed E-state index contributed by atoms with van der Waals surface area (Å²) >= 11 is 0. The van der Waals surface area contributed by atoms with Gasteiger partial charge in [0.25, 0.3) is 5.91 Å². The zero-order chi connectivity index (χ0) is 25.4. The molecule has 190 valence electrons. The quantitative estimate of drug-likeness (QED) is 0.185. The monoisotopic (exact) mass is 577 g/mol. The number of halogens is 1. The largest absolute Gasteiger partial charge is 1.00 e. The highest BCUT2D eigenvalue weighted by molar-refractivity contribution is 7.95. The predicted octanol–water partition coefficient (Wildman–Crippen LogP) is 1.35. The van der Waals surface area contributed by atoms with Crippen molar-refractivity contribution in [3.63, 3.8) is 0 Å². The highest BCUT2D eigenvalue weighted by Gasteiger charge is 2.44. The van der Waals surface area contributed by atoms with Crippen LogP contribution < -0.4 is 47.7 Å². The maximum atomic E-state index is 13.1. The van der Waals surface area contributed by atoms with Crippen LogP contribution in [-0.2, 0) is 4.79 Å².